The first-order valence-corrected chi connectivity index (χ1v) is 11.0. The summed E-state index contributed by atoms with van der Waals surface area (Å²) < 4.78 is 0. The van der Waals surface area contributed by atoms with Crippen LogP contribution in [0.2, 0.25) is 0 Å². The maximum absolute atomic E-state index is 9.52. The Bertz CT molecular complexity index is 202. The highest BCUT2D eigenvalue weighted by Crippen LogP contribution is 2.19. The molecule has 1 unspecified atom stereocenters. The molecule has 0 bridgehead atoms. The largest absolute Gasteiger partial charge is 0.396 e. The summed E-state index contributed by atoms with van der Waals surface area (Å²) in [5, 5.41) is 9.52. The highest BCUT2D eigenvalue weighted by Gasteiger charge is 2.06. The number of aliphatic hydroxyl groups excluding tert-OH is 1. The maximum Gasteiger partial charge on any atom is 0.0459 e. The topological polar surface area (TPSA) is 20.2 Å². The summed E-state index contributed by atoms with van der Waals surface area (Å²) in [6.07, 6.45) is 24.8. The smallest absolute Gasteiger partial charge is 0.0459 e. The van der Waals surface area contributed by atoms with Crippen LogP contribution in [0.25, 0.3) is 0 Å². The van der Waals surface area contributed by atoms with Gasteiger partial charge in [-0.3, -0.25) is 0 Å². The quantitative estimate of drug-likeness (QED) is 0.242. The minimum Gasteiger partial charge on any atom is -0.396 e. The number of aliphatic hydroxyl groups is 1. The van der Waals surface area contributed by atoms with Crippen molar-refractivity contribution in [2.45, 2.75) is 129 Å². The van der Waals surface area contributed by atoms with E-state index in [4.69, 9.17) is 0 Å². The molecule has 0 aromatic carbocycles. The monoisotopic (exact) mass is 326 g/mol. The predicted octanol–water partition coefficient (Wildman–Crippen LogP) is 7.66. The zero-order chi connectivity index (χ0) is 17.0. The van der Waals surface area contributed by atoms with Crippen LogP contribution >= 0.6 is 0 Å². The Hall–Kier alpha value is -0.0400. The number of hydrogen-bond acceptors (Lipinski definition) is 1. The van der Waals surface area contributed by atoms with E-state index in [1.165, 1.54) is 116 Å². The van der Waals surface area contributed by atoms with Crippen molar-refractivity contribution in [3.63, 3.8) is 0 Å². The molecule has 0 aliphatic carbocycles. The van der Waals surface area contributed by atoms with Crippen molar-refractivity contribution in [3.8, 4) is 0 Å². The lowest BCUT2D eigenvalue weighted by atomic mass is 9.95. The van der Waals surface area contributed by atoms with Gasteiger partial charge in [0.2, 0.25) is 0 Å². The Labute approximate surface area is 147 Å². The van der Waals surface area contributed by atoms with Crippen LogP contribution < -0.4 is 0 Å². The second-order valence-electron chi connectivity index (χ2n) is 7.58. The van der Waals surface area contributed by atoms with Crippen LogP contribution in [0.1, 0.15) is 129 Å². The van der Waals surface area contributed by atoms with E-state index in [0.717, 1.165) is 0 Å². The third-order valence-electron chi connectivity index (χ3n) is 5.19. The Balaban J connectivity index is 3.28. The Morgan fingerprint density at radius 2 is 0.783 bits per heavy atom. The van der Waals surface area contributed by atoms with Crippen molar-refractivity contribution in [2.75, 3.05) is 6.61 Å². The summed E-state index contributed by atoms with van der Waals surface area (Å²) in [4.78, 5) is 0. The molecular weight excluding hydrogens is 280 g/mol. The molecule has 0 fully saturated rings. The fourth-order valence-electron chi connectivity index (χ4n) is 3.46. The molecule has 0 aliphatic heterocycles. The average molecular weight is 327 g/mol. The molecule has 0 rings (SSSR count). The van der Waals surface area contributed by atoms with Crippen LogP contribution in [0.5, 0.6) is 0 Å². The minimum atomic E-state index is 0.410. The van der Waals surface area contributed by atoms with Crippen LogP contribution in [0.3, 0.4) is 0 Å². The van der Waals surface area contributed by atoms with Crippen LogP contribution in [0.15, 0.2) is 0 Å². The maximum atomic E-state index is 9.52. The van der Waals surface area contributed by atoms with E-state index < -0.39 is 0 Å². The Kier molecular flexibility index (Phi) is 20.0. The lowest BCUT2D eigenvalue weighted by Gasteiger charge is -2.13. The van der Waals surface area contributed by atoms with Gasteiger partial charge in [0.05, 0.1) is 0 Å². The molecule has 0 radical (unpaired) electrons. The molecule has 1 atom stereocenters. The molecule has 0 amide bonds. The predicted molar refractivity (Wildman–Crippen MR) is 105 cm³/mol. The van der Waals surface area contributed by atoms with Gasteiger partial charge in [-0.05, 0) is 18.8 Å². The minimum absolute atomic E-state index is 0.410. The molecule has 1 heteroatoms. The van der Waals surface area contributed by atoms with E-state index in [0.29, 0.717) is 12.5 Å². The van der Waals surface area contributed by atoms with E-state index in [1.807, 2.05) is 0 Å². The third kappa shape index (κ3) is 18.1. The van der Waals surface area contributed by atoms with Gasteiger partial charge < -0.3 is 5.11 Å². The summed E-state index contributed by atoms with van der Waals surface area (Å²) >= 11 is 0. The van der Waals surface area contributed by atoms with Crippen LogP contribution in [-0.4, -0.2) is 11.7 Å². The van der Waals surface area contributed by atoms with E-state index in [2.05, 4.69) is 13.8 Å². The SMILES string of the molecule is CCCCCCCCCCCC(CO)CCCCCCCCC. The number of unbranched alkanes of at least 4 members (excludes halogenated alkanes) is 14. The van der Waals surface area contributed by atoms with Gasteiger partial charge >= 0.3 is 0 Å². The third-order valence-corrected chi connectivity index (χ3v) is 5.19. The molecular formula is C22H46O. The standard InChI is InChI=1S/C22H46O/c1-3-5-7-9-11-12-14-16-18-20-22(21-23)19-17-15-13-10-8-6-4-2/h22-23H,3-21H2,1-2H3. The van der Waals surface area contributed by atoms with Gasteiger partial charge in [0.15, 0.2) is 0 Å². The van der Waals surface area contributed by atoms with Crippen LogP contribution in [-0.2, 0) is 0 Å². The van der Waals surface area contributed by atoms with Gasteiger partial charge in [-0.2, -0.15) is 0 Å². The van der Waals surface area contributed by atoms with E-state index in [1.54, 1.807) is 0 Å². The summed E-state index contributed by atoms with van der Waals surface area (Å²) in [6, 6.07) is 0. The average Bonchev–Trinajstić information content (AvgIpc) is 2.57. The highest BCUT2D eigenvalue weighted by atomic mass is 16.3. The first-order valence-electron chi connectivity index (χ1n) is 11.0. The van der Waals surface area contributed by atoms with Gasteiger partial charge in [0.25, 0.3) is 0 Å². The first-order chi connectivity index (χ1) is 11.3. The molecule has 0 spiro atoms. The van der Waals surface area contributed by atoms with Crippen LogP contribution in [0, 0.1) is 5.92 Å². The van der Waals surface area contributed by atoms with Crippen molar-refractivity contribution in [2.24, 2.45) is 5.92 Å². The fraction of sp³-hybridized carbons (Fsp3) is 1.00. The number of hydrogen-bond donors (Lipinski definition) is 1. The Morgan fingerprint density at radius 1 is 0.478 bits per heavy atom. The van der Waals surface area contributed by atoms with Gasteiger partial charge in [0.1, 0.15) is 0 Å². The molecule has 0 aromatic heterocycles. The lowest BCUT2D eigenvalue weighted by molar-refractivity contribution is 0.204. The van der Waals surface area contributed by atoms with Crippen molar-refractivity contribution in [3.05, 3.63) is 0 Å². The molecule has 0 aromatic rings. The van der Waals surface area contributed by atoms with E-state index in [9.17, 15) is 5.11 Å². The van der Waals surface area contributed by atoms with Gasteiger partial charge in [0, 0.05) is 6.61 Å². The summed E-state index contributed by atoms with van der Waals surface area (Å²) in [6.45, 7) is 4.97. The molecule has 140 valence electrons. The molecule has 0 heterocycles. The zero-order valence-corrected chi connectivity index (χ0v) is 16.5. The summed E-state index contributed by atoms with van der Waals surface area (Å²) in [5.74, 6) is 0.579. The normalized spacial score (nSPS) is 12.7. The lowest BCUT2D eigenvalue weighted by Crippen LogP contribution is -2.06. The molecule has 1 N–H and O–H groups in total. The van der Waals surface area contributed by atoms with E-state index in [-0.39, 0.29) is 0 Å². The molecule has 0 aliphatic rings. The summed E-state index contributed by atoms with van der Waals surface area (Å²) in [7, 11) is 0. The number of rotatable bonds is 19. The zero-order valence-electron chi connectivity index (χ0n) is 16.5. The van der Waals surface area contributed by atoms with Crippen molar-refractivity contribution >= 4 is 0 Å². The molecule has 23 heavy (non-hydrogen) atoms. The van der Waals surface area contributed by atoms with Gasteiger partial charge in [-0.1, -0.05) is 117 Å². The Morgan fingerprint density at radius 3 is 1.09 bits per heavy atom. The van der Waals surface area contributed by atoms with Crippen molar-refractivity contribution in [1.82, 2.24) is 0 Å². The molecule has 0 saturated heterocycles. The second-order valence-corrected chi connectivity index (χ2v) is 7.58. The van der Waals surface area contributed by atoms with E-state index >= 15 is 0 Å². The molecule has 0 saturated carbocycles. The second kappa shape index (κ2) is 20.0. The summed E-state index contributed by atoms with van der Waals surface area (Å²) in [5.41, 5.74) is 0. The fourth-order valence-corrected chi connectivity index (χ4v) is 3.46. The van der Waals surface area contributed by atoms with Gasteiger partial charge in [-0.25, -0.2) is 0 Å². The van der Waals surface area contributed by atoms with Crippen molar-refractivity contribution in [1.29, 1.82) is 0 Å². The van der Waals surface area contributed by atoms with Crippen LogP contribution in [0.4, 0.5) is 0 Å². The molecule has 1 nitrogen and oxygen atoms in total. The van der Waals surface area contributed by atoms with Crippen molar-refractivity contribution < 1.29 is 5.11 Å². The first kappa shape index (κ1) is 23.0. The highest BCUT2D eigenvalue weighted by molar-refractivity contribution is 4.59. The van der Waals surface area contributed by atoms with Gasteiger partial charge in [-0.15, -0.1) is 0 Å².